The van der Waals surface area contributed by atoms with Gasteiger partial charge in [0.2, 0.25) is 0 Å². The lowest BCUT2D eigenvalue weighted by Crippen LogP contribution is -2.29. The minimum Gasteiger partial charge on any atom is -0.299 e. The Kier molecular flexibility index (Phi) is 5.21. The molecule has 2 aliphatic rings. The molecule has 0 saturated carbocycles. The Hall–Kier alpha value is -1.29. The molecule has 0 atom stereocenters. The van der Waals surface area contributed by atoms with E-state index in [0.717, 1.165) is 26.1 Å². The molecule has 2 aromatic rings. The Labute approximate surface area is 150 Å². The van der Waals surface area contributed by atoms with Crippen molar-refractivity contribution in [2.24, 2.45) is 0 Å². The van der Waals surface area contributed by atoms with Crippen molar-refractivity contribution < 1.29 is 0 Å². The molecule has 0 N–H and O–H groups in total. The third-order valence-electron chi connectivity index (χ3n) is 5.11. The minimum absolute atomic E-state index is 1.05. The van der Waals surface area contributed by atoms with Crippen LogP contribution in [0.5, 0.6) is 0 Å². The number of fused-ring (bicyclic) bond motifs is 1. The van der Waals surface area contributed by atoms with Gasteiger partial charge < -0.3 is 0 Å². The molecule has 1 saturated heterocycles. The summed E-state index contributed by atoms with van der Waals surface area (Å²) >= 11 is 1.90. The van der Waals surface area contributed by atoms with E-state index in [4.69, 9.17) is 0 Å². The third kappa shape index (κ3) is 4.02. The minimum atomic E-state index is 1.05. The maximum atomic E-state index is 2.59. The zero-order valence-electron chi connectivity index (χ0n) is 14.3. The van der Waals surface area contributed by atoms with Crippen LogP contribution in [0.25, 0.3) is 0 Å². The average molecular weight is 339 g/mol. The van der Waals surface area contributed by atoms with E-state index in [1.807, 2.05) is 11.9 Å². The van der Waals surface area contributed by atoms with Gasteiger partial charge >= 0.3 is 0 Å². The fraction of sp³-hybridized carbons (Fsp3) is 0.429. The summed E-state index contributed by atoms with van der Waals surface area (Å²) in [6.45, 7) is 5.84. The number of piperidine rings is 1. The molecule has 2 heterocycles. The molecule has 0 amide bonds. The van der Waals surface area contributed by atoms with E-state index in [2.05, 4.69) is 57.7 Å². The summed E-state index contributed by atoms with van der Waals surface area (Å²) in [7, 11) is 0. The number of nitrogens with zero attached hydrogens (tertiary/aromatic N) is 2. The van der Waals surface area contributed by atoms with Gasteiger partial charge in [-0.15, -0.1) is 0 Å². The second-order valence-corrected chi connectivity index (χ2v) is 8.12. The molecule has 4 rings (SSSR count). The molecule has 0 spiro atoms. The van der Waals surface area contributed by atoms with Gasteiger partial charge in [0.1, 0.15) is 0 Å². The van der Waals surface area contributed by atoms with Crippen LogP contribution >= 0.6 is 11.9 Å². The van der Waals surface area contributed by atoms with Crippen molar-refractivity contribution in [3.63, 3.8) is 0 Å². The summed E-state index contributed by atoms with van der Waals surface area (Å²) < 4.78 is 2.49. The molecule has 0 aromatic heterocycles. The summed E-state index contributed by atoms with van der Waals surface area (Å²) in [4.78, 5) is 3.95. The van der Waals surface area contributed by atoms with Crippen molar-refractivity contribution in [1.82, 2.24) is 9.21 Å². The summed E-state index contributed by atoms with van der Waals surface area (Å²) in [6.07, 6.45) is 5.30. The van der Waals surface area contributed by atoms with Crippen LogP contribution in [0.15, 0.2) is 53.4 Å². The first-order valence-corrected chi connectivity index (χ1v) is 9.95. The normalized spacial score (nSPS) is 19.2. The highest BCUT2D eigenvalue weighted by atomic mass is 32.2. The van der Waals surface area contributed by atoms with E-state index in [-0.39, 0.29) is 0 Å². The summed E-state index contributed by atoms with van der Waals surface area (Å²) in [5.41, 5.74) is 4.45. The Morgan fingerprint density at radius 2 is 1.54 bits per heavy atom. The van der Waals surface area contributed by atoms with Crippen molar-refractivity contribution >= 4 is 11.9 Å². The van der Waals surface area contributed by atoms with Crippen molar-refractivity contribution in [2.75, 3.05) is 19.6 Å². The molecule has 1 fully saturated rings. The van der Waals surface area contributed by atoms with Gasteiger partial charge in [-0.3, -0.25) is 4.90 Å². The Morgan fingerprint density at radius 1 is 0.792 bits per heavy atom. The van der Waals surface area contributed by atoms with E-state index < -0.39 is 0 Å². The maximum Gasteiger partial charge on any atom is 0.0346 e. The molecule has 24 heavy (non-hydrogen) atoms. The maximum absolute atomic E-state index is 2.59. The number of likely N-dealkylation sites (tertiary alicyclic amines) is 1. The first kappa shape index (κ1) is 16.2. The fourth-order valence-corrected chi connectivity index (χ4v) is 4.67. The van der Waals surface area contributed by atoms with Gasteiger partial charge in [0.25, 0.3) is 0 Å². The summed E-state index contributed by atoms with van der Waals surface area (Å²) in [5.74, 6) is 0. The lowest BCUT2D eigenvalue weighted by atomic mass is 10.0. The molecule has 2 aromatic carbocycles. The zero-order chi connectivity index (χ0) is 16.2. The van der Waals surface area contributed by atoms with Crippen LogP contribution in [-0.4, -0.2) is 28.8 Å². The highest BCUT2D eigenvalue weighted by Crippen LogP contribution is 2.29. The predicted molar refractivity (Wildman–Crippen MR) is 102 cm³/mol. The first-order chi connectivity index (χ1) is 11.9. The highest BCUT2D eigenvalue weighted by Gasteiger charge is 2.16. The second-order valence-electron chi connectivity index (χ2n) is 6.95. The van der Waals surface area contributed by atoms with E-state index in [1.165, 1.54) is 53.9 Å². The summed E-state index contributed by atoms with van der Waals surface area (Å²) in [6, 6.07) is 18.1. The van der Waals surface area contributed by atoms with E-state index >= 15 is 0 Å². The van der Waals surface area contributed by atoms with Crippen LogP contribution in [0.1, 0.15) is 36.0 Å². The largest absolute Gasteiger partial charge is 0.299 e. The average Bonchev–Trinajstić information content (AvgIpc) is 2.64. The number of hydrogen-bond donors (Lipinski definition) is 0. The number of rotatable bonds is 4. The van der Waals surface area contributed by atoms with Crippen molar-refractivity contribution in [3.05, 3.63) is 65.2 Å². The second kappa shape index (κ2) is 7.73. The molecule has 3 heteroatoms. The van der Waals surface area contributed by atoms with Gasteiger partial charge in [-0.1, -0.05) is 42.8 Å². The lowest BCUT2D eigenvalue weighted by Gasteiger charge is -2.28. The van der Waals surface area contributed by atoms with Crippen LogP contribution in [-0.2, 0) is 19.5 Å². The van der Waals surface area contributed by atoms with E-state index in [0.29, 0.717) is 0 Å². The van der Waals surface area contributed by atoms with Gasteiger partial charge in [0.15, 0.2) is 0 Å². The Balaban J connectivity index is 1.34. The van der Waals surface area contributed by atoms with Crippen LogP contribution < -0.4 is 0 Å². The molecule has 0 bridgehead atoms. The van der Waals surface area contributed by atoms with Gasteiger partial charge in [0.05, 0.1) is 0 Å². The molecular weight excluding hydrogens is 312 g/mol. The SMILES string of the molecule is c1ccc2c(c1)CCN(Sc1ccc(CN3CCCCC3)cc1)C2. The molecule has 0 aliphatic carbocycles. The Bertz CT molecular complexity index is 662. The molecule has 0 unspecified atom stereocenters. The van der Waals surface area contributed by atoms with Crippen LogP contribution in [0, 0.1) is 0 Å². The topological polar surface area (TPSA) is 6.48 Å². The Morgan fingerprint density at radius 3 is 2.33 bits per heavy atom. The van der Waals surface area contributed by atoms with Gasteiger partial charge in [-0.2, -0.15) is 0 Å². The van der Waals surface area contributed by atoms with Crippen molar-refractivity contribution in [3.8, 4) is 0 Å². The zero-order valence-corrected chi connectivity index (χ0v) is 15.1. The number of hydrogen-bond acceptors (Lipinski definition) is 3. The third-order valence-corrected chi connectivity index (χ3v) is 6.16. The van der Waals surface area contributed by atoms with Crippen LogP contribution in [0.2, 0.25) is 0 Å². The van der Waals surface area contributed by atoms with Crippen molar-refractivity contribution in [1.29, 1.82) is 0 Å². The molecular formula is C21H26N2S. The monoisotopic (exact) mass is 338 g/mol. The smallest absolute Gasteiger partial charge is 0.0346 e. The fourth-order valence-electron chi connectivity index (χ4n) is 3.73. The van der Waals surface area contributed by atoms with Gasteiger partial charge in [0, 0.05) is 24.5 Å². The lowest BCUT2D eigenvalue weighted by molar-refractivity contribution is 0.221. The first-order valence-electron chi connectivity index (χ1n) is 9.18. The molecule has 0 radical (unpaired) electrons. The molecule has 2 aliphatic heterocycles. The predicted octanol–water partition coefficient (Wildman–Crippen LogP) is 4.74. The standard InChI is InChI=1S/C21H26N2S/c1-4-13-22(14-5-1)16-18-8-10-21(11-9-18)24-23-15-12-19-6-2-3-7-20(19)17-23/h2-3,6-11H,1,4-5,12-17H2. The van der Waals surface area contributed by atoms with Crippen molar-refractivity contribution in [2.45, 2.75) is 43.7 Å². The van der Waals surface area contributed by atoms with Gasteiger partial charge in [-0.05, 0) is 73.1 Å². The van der Waals surface area contributed by atoms with Gasteiger partial charge in [-0.25, -0.2) is 4.31 Å². The van der Waals surface area contributed by atoms with E-state index in [9.17, 15) is 0 Å². The highest BCUT2D eigenvalue weighted by molar-refractivity contribution is 7.97. The number of benzene rings is 2. The van der Waals surface area contributed by atoms with Crippen LogP contribution in [0.3, 0.4) is 0 Å². The van der Waals surface area contributed by atoms with E-state index in [1.54, 1.807) is 0 Å². The van der Waals surface area contributed by atoms with Crippen LogP contribution in [0.4, 0.5) is 0 Å². The molecule has 126 valence electrons. The quantitative estimate of drug-likeness (QED) is 0.744. The summed E-state index contributed by atoms with van der Waals surface area (Å²) in [5, 5.41) is 0. The molecule has 2 nitrogen and oxygen atoms in total.